The Morgan fingerprint density at radius 1 is 1.75 bits per heavy atom. The van der Waals surface area contributed by atoms with Crippen LogP contribution in [0.25, 0.3) is 0 Å². The van der Waals surface area contributed by atoms with Crippen LogP contribution in [0.3, 0.4) is 0 Å². The molecular formula is C8H11NO3. The molecule has 1 aliphatic heterocycles. The third-order valence-corrected chi connectivity index (χ3v) is 1.66. The van der Waals surface area contributed by atoms with Crippen molar-refractivity contribution in [1.82, 2.24) is 0 Å². The van der Waals surface area contributed by atoms with Gasteiger partial charge in [0.25, 0.3) is 0 Å². The Balaban J connectivity index is 3.01. The average molecular weight is 169 g/mol. The van der Waals surface area contributed by atoms with Gasteiger partial charge in [-0.2, -0.15) is 0 Å². The van der Waals surface area contributed by atoms with Crippen molar-refractivity contribution in [2.24, 2.45) is 0 Å². The first-order chi connectivity index (χ1) is 5.52. The van der Waals surface area contributed by atoms with Crippen molar-refractivity contribution < 1.29 is 14.6 Å². The number of hydrogen-bond acceptors (Lipinski definition) is 4. The lowest BCUT2D eigenvalue weighted by Crippen LogP contribution is -2.27. The quantitative estimate of drug-likeness (QED) is 0.457. The molecule has 0 radical (unpaired) electrons. The number of esters is 1. The van der Waals surface area contributed by atoms with E-state index in [2.05, 4.69) is 0 Å². The first kappa shape index (κ1) is 8.77. The molecule has 0 saturated carbocycles. The number of cyclic esters (lactones) is 1. The van der Waals surface area contributed by atoms with Crippen molar-refractivity contribution in [3.63, 3.8) is 0 Å². The molecule has 1 atom stereocenters. The molecule has 1 rings (SSSR count). The average Bonchev–Trinajstić information content (AvgIpc) is 1.82. The minimum atomic E-state index is -0.598. The van der Waals surface area contributed by atoms with Crippen molar-refractivity contribution in [2.45, 2.75) is 26.4 Å². The normalized spacial score (nSPS) is 23.8. The van der Waals surface area contributed by atoms with E-state index in [0.29, 0.717) is 6.42 Å². The van der Waals surface area contributed by atoms with Gasteiger partial charge in [0, 0.05) is 12.1 Å². The van der Waals surface area contributed by atoms with Gasteiger partial charge in [0.15, 0.2) is 0 Å². The maximum absolute atomic E-state index is 11.1. The van der Waals surface area contributed by atoms with E-state index in [9.17, 15) is 9.90 Å². The zero-order valence-electron chi connectivity index (χ0n) is 7.05. The van der Waals surface area contributed by atoms with E-state index in [-0.39, 0.29) is 23.1 Å². The fourth-order valence-electron chi connectivity index (χ4n) is 1.15. The van der Waals surface area contributed by atoms with Gasteiger partial charge < -0.3 is 15.3 Å². The van der Waals surface area contributed by atoms with Crippen molar-refractivity contribution in [3.8, 4) is 0 Å². The zero-order valence-corrected chi connectivity index (χ0v) is 7.05. The third-order valence-electron chi connectivity index (χ3n) is 1.66. The summed E-state index contributed by atoms with van der Waals surface area (Å²) in [5.74, 6) is -0.634. The summed E-state index contributed by atoms with van der Waals surface area (Å²) in [6.45, 7) is 3.15. The largest absolute Gasteiger partial charge is 0.511 e. The Hall–Kier alpha value is -1.32. The van der Waals surface area contributed by atoms with Crippen LogP contribution in [0.4, 0.5) is 0 Å². The van der Waals surface area contributed by atoms with Crippen LogP contribution in [0.1, 0.15) is 20.3 Å². The molecule has 0 fully saturated rings. The molecule has 4 nitrogen and oxygen atoms in total. The van der Waals surface area contributed by atoms with Crippen LogP contribution in [-0.2, 0) is 9.53 Å². The minimum Gasteiger partial charge on any atom is -0.511 e. The highest BCUT2D eigenvalue weighted by Crippen LogP contribution is 2.19. The van der Waals surface area contributed by atoms with E-state index in [0.717, 1.165) is 0 Å². The van der Waals surface area contributed by atoms with E-state index in [1.54, 1.807) is 6.92 Å². The fraction of sp³-hybridized carbons (Fsp3) is 0.500. The summed E-state index contributed by atoms with van der Waals surface area (Å²) in [7, 11) is 0. The van der Waals surface area contributed by atoms with Crippen LogP contribution >= 0.6 is 0 Å². The van der Waals surface area contributed by atoms with Gasteiger partial charge in [0.2, 0.25) is 0 Å². The first-order valence-corrected chi connectivity index (χ1v) is 3.71. The molecule has 0 aromatic carbocycles. The van der Waals surface area contributed by atoms with E-state index in [1.165, 1.54) is 6.92 Å². The lowest BCUT2D eigenvalue weighted by Gasteiger charge is -2.20. The minimum absolute atomic E-state index is 0.00750. The summed E-state index contributed by atoms with van der Waals surface area (Å²) in [6.07, 6.45) is 0.0118. The zero-order chi connectivity index (χ0) is 9.30. The molecule has 12 heavy (non-hydrogen) atoms. The van der Waals surface area contributed by atoms with E-state index >= 15 is 0 Å². The standard InChI is InChI=1S/C8H11NO3/c1-4-3-6(10)7(5(2)9)8(11)12-4/h4,9-10H,3H2,1-2H3. The number of nitrogens with one attached hydrogen (secondary N) is 1. The van der Waals surface area contributed by atoms with Crippen LogP contribution in [0.5, 0.6) is 0 Å². The lowest BCUT2D eigenvalue weighted by molar-refractivity contribution is -0.144. The molecule has 66 valence electrons. The highest BCUT2D eigenvalue weighted by Gasteiger charge is 2.27. The predicted molar refractivity (Wildman–Crippen MR) is 43.2 cm³/mol. The first-order valence-electron chi connectivity index (χ1n) is 3.71. The van der Waals surface area contributed by atoms with E-state index < -0.39 is 5.97 Å². The summed E-state index contributed by atoms with van der Waals surface area (Å²) in [4.78, 5) is 11.1. The molecule has 0 aromatic rings. The number of rotatable bonds is 1. The molecule has 0 spiro atoms. The van der Waals surface area contributed by atoms with Crippen molar-refractivity contribution >= 4 is 11.7 Å². The summed E-state index contributed by atoms with van der Waals surface area (Å²) < 4.78 is 4.83. The van der Waals surface area contributed by atoms with E-state index in [1.807, 2.05) is 0 Å². The number of ether oxygens (including phenoxy) is 1. The molecule has 0 aromatic heterocycles. The predicted octanol–water partition coefficient (Wildman–Crippen LogP) is 1.17. The molecule has 2 N–H and O–H groups in total. The molecular weight excluding hydrogens is 158 g/mol. The van der Waals surface area contributed by atoms with Crippen LogP contribution in [0.2, 0.25) is 0 Å². The number of aliphatic hydroxyl groups excluding tert-OH is 1. The highest BCUT2D eigenvalue weighted by atomic mass is 16.5. The summed E-state index contributed by atoms with van der Waals surface area (Å²) in [5, 5.41) is 16.5. The van der Waals surface area contributed by atoms with Gasteiger partial charge in [-0.3, -0.25) is 0 Å². The second kappa shape index (κ2) is 2.97. The smallest absolute Gasteiger partial charge is 0.343 e. The highest BCUT2D eigenvalue weighted by molar-refractivity contribution is 6.18. The van der Waals surface area contributed by atoms with Gasteiger partial charge in [-0.15, -0.1) is 0 Å². The van der Waals surface area contributed by atoms with Gasteiger partial charge in [-0.1, -0.05) is 0 Å². The molecule has 1 aliphatic rings. The van der Waals surface area contributed by atoms with E-state index in [4.69, 9.17) is 10.1 Å². The Labute approximate surface area is 70.4 Å². The van der Waals surface area contributed by atoms with Crippen molar-refractivity contribution in [3.05, 3.63) is 11.3 Å². The third kappa shape index (κ3) is 1.47. The van der Waals surface area contributed by atoms with Crippen LogP contribution in [0, 0.1) is 5.41 Å². The molecule has 1 unspecified atom stereocenters. The van der Waals surface area contributed by atoms with Crippen molar-refractivity contribution in [1.29, 1.82) is 5.41 Å². The number of carbonyl (C=O) groups excluding carboxylic acids is 1. The van der Waals surface area contributed by atoms with Gasteiger partial charge >= 0.3 is 5.97 Å². The summed E-state index contributed by atoms with van der Waals surface area (Å²) >= 11 is 0. The van der Waals surface area contributed by atoms with Crippen LogP contribution in [-0.4, -0.2) is 22.9 Å². The second-order valence-corrected chi connectivity index (χ2v) is 2.87. The molecule has 4 heteroatoms. The SMILES string of the molecule is CC(=N)C1=C(O)CC(C)OC1=O. The van der Waals surface area contributed by atoms with Crippen LogP contribution < -0.4 is 0 Å². The van der Waals surface area contributed by atoms with Crippen LogP contribution in [0.15, 0.2) is 11.3 Å². The topological polar surface area (TPSA) is 70.4 Å². The Kier molecular flexibility index (Phi) is 2.17. The maximum atomic E-state index is 11.1. The molecule has 0 aliphatic carbocycles. The number of aliphatic hydroxyl groups is 1. The Morgan fingerprint density at radius 3 is 2.75 bits per heavy atom. The van der Waals surface area contributed by atoms with Gasteiger partial charge in [-0.25, -0.2) is 4.79 Å². The fourth-order valence-corrected chi connectivity index (χ4v) is 1.15. The Morgan fingerprint density at radius 2 is 2.33 bits per heavy atom. The monoisotopic (exact) mass is 169 g/mol. The summed E-state index contributed by atoms with van der Waals surface area (Å²) in [5.41, 5.74) is 0.0532. The maximum Gasteiger partial charge on any atom is 0.343 e. The lowest BCUT2D eigenvalue weighted by atomic mass is 10.0. The van der Waals surface area contributed by atoms with Gasteiger partial charge in [0.05, 0.1) is 0 Å². The summed E-state index contributed by atoms with van der Waals surface area (Å²) in [6, 6.07) is 0. The molecule has 1 heterocycles. The molecule has 0 amide bonds. The number of hydrogen-bond donors (Lipinski definition) is 2. The van der Waals surface area contributed by atoms with Gasteiger partial charge in [0.1, 0.15) is 17.4 Å². The molecule has 0 saturated heterocycles. The van der Waals surface area contributed by atoms with Crippen molar-refractivity contribution in [2.75, 3.05) is 0 Å². The molecule has 0 bridgehead atoms. The Bertz CT molecular complexity index is 267. The van der Waals surface area contributed by atoms with Gasteiger partial charge in [-0.05, 0) is 13.8 Å². The second-order valence-electron chi connectivity index (χ2n) is 2.87. The number of carbonyl (C=O) groups is 1.